The van der Waals surface area contributed by atoms with E-state index in [1.165, 1.54) is 24.2 Å². The molecule has 2 nitrogen and oxygen atoms in total. The summed E-state index contributed by atoms with van der Waals surface area (Å²) >= 11 is 0. The van der Waals surface area contributed by atoms with Crippen LogP contribution in [0.15, 0.2) is 35.6 Å². The Morgan fingerprint density at radius 2 is 2.07 bits per heavy atom. The Kier molecular flexibility index (Phi) is 2.17. The molecule has 2 N–H and O–H groups in total. The van der Waals surface area contributed by atoms with Gasteiger partial charge in [-0.25, -0.2) is 0 Å². The highest BCUT2D eigenvalue weighted by Gasteiger charge is 2.29. The van der Waals surface area contributed by atoms with Crippen molar-refractivity contribution in [2.45, 2.75) is 25.3 Å². The molecule has 2 aliphatic heterocycles. The molecule has 0 amide bonds. The van der Waals surface area contributed by atoms with Crippen LogP contribution in [-0.4, -0.2) is 24.0 Å². The topological polar surface area (TPSA) is 29.3 Å². The Morgan fingerprint density at radius 1 is 1.20 bits per heavy atom. The summed E-state index contributed by atoms with van der Waals surface area (Å²) in [6, 6.07) is 0.377. The SMILES string of the molecule is N[C@@H]1CCN2CC[C@@H]3C=CC=CC3=C2C1. The maximum absolute atomic E-state index is 6.06. The lowest BCUT2D eigenvalue weighted by atomic mass is 9.83. The number of fused-ring (bicyclic) bond motifs is 2. The van der Waals surface area contributed by atoms with Crippen LogP contribution in [0.25, 0.3) is 0 Å². The number of allylic oxidation sites excluding steroid dienone is 5. The molecule has 0 aromatic rings. The number of rotatable bonds is 0. The zero-order chi connectivity index (χ0) is 10.3. The maximum atomic E-state index is 6.06. The molecule has 80 valence electrons. The highest BCUT2D eigenvalue weighted by molar-refractivity contribution is 5.38. The Hall–Kier alpha value is -1.02. The van der Waals surface area contributed by atoms with Gasteiger partial charge in [-0.2, -0.15) is 0 Å². The zero-order valence-electron chi connectivity index (χ0n) is 9.02. The molecule has 0 bridgehead atoms. The lowest BCUT2D eigenvalue weighted by molar-refractivity contribution is 0.241. The Bertz CT molecular complexity index is 352. The van der Waals surface area contributed by atoms with Gasteiger partial charge >= 0.3 is 0 Å². The van der Waals surface area contributed by atoms with Gasteiger partial charge in [0.2, 0.25) is 0 Å². The number of nitrogens with two attached hydrogens (primary N) is 1. The molecule has 3 aliphatic rings. The van der Waals surface area contributed by atoms with Gasteiger partial charge in [-0.1, -0.05) is 24.3 Å². The molecule has 2 heteroatoms. The van der Waals surface area contributed by atoms with E-state index in [0.717, 1.165) is 19.4 Å². The van der Waals surface area contributed by atoms with E-state index in [2.05, 4.69) is 29.2 Å². The van der Waals surface area contributed by atoms with Gasteiger partial charge in [-0.05, 0) is 18.4 Å². The molecule has 0 unspecified atom stereocenters. The van der Waals surface area contributed by atoms with Crippen molar-refractivity contribution in [2.75, 3.05) is 13.1 Å². The van der Waals surface area contributed by atoms with Gasteiger partial charge < -0.3 is 10.6 Å². The molecular formula is C13H18N2. The fraction of sp³-hybridized carbons (Fsp3) is 0.538. The lowest BCUT2D eigenvalue weighted by Crippen LogP contribution is -2.42. The minimum Gasteiger partial charge on any atom is -0.374 e. The largest absolute Gasteiger partial charge is 0.374 e. The summed E-state index contributed by atoms with van der Waals surface area (Å²) in [5.41, 5.74) is 9.11. The molecule has 2 atom stereocenters. The van der Waals surface area contributed by atoms with Crippen LogP contribution in [0.5, 0.6) is 0 Å². The molecule has 0 aromatic heterocycles. The van der Waals surface area contributed by atoms with Crippen LogP contribution in [0.4, 0.5) is 0 Å². The van der Waals surface area contributed by atoms with E-state index in [9.17, 15) is 0 Å². The quantitative estimate of drug-likeness (QED) is 0.649. The highest BCUT2D eigenvalue weighted by atomic mass is 15.2. The molecule has 1 aliphatic carbocycles. The second-order valence-corrected chi connectivity index (χ2v) is 4.78. The smallest absolute Gasteiger partial charge is 0.0189 e. The van der Waals surface area contributed by atoms with Crippen LogP contribution in [0.2, 0.25) is 0 Å². The van der Waals surface area contributed by atoms with E-state index in [1.807, 2.05) is 0 Å². The van der Waals surface area contributed by atoms with E-state index in [-0.39, 0.29) is 0 Å². The average Bonchev–Trinajstić information content (AvgIpc) is 2.29. The Morgan fingerprint density at radius 3 is 3.00 bits per heavy atom. The van der Waals surface area contributed by atoms with Gasteiger partial charge in [-0.15, -0.1) is 0 Å². The molecule has 3 rings (SSSR count). The lowest BCUT2D eigenvalue weighted by Gasteiger charge is -2.41. The predicted molar refractivity (Wildman–Crippen MR) is 62.2 cm³/mol. The summed E-state index contributed by atoms with van der Waals surface area (Å²) in [5, 5.41) is 0. The third kappa shape index (κ3) is 1.53. The monoisotopic (exact) mass is 202 g/mol. The molecular weight excluding hydrogens is 184 g/mol. The third-order valence-corrected chi connectivity index (χ3v) is 3.78. The molecule has 2 heterocycles. The van der Waals surface area contributed by atoms with Gasteiger partial charge in [0.25, 0.3) is 0 Å². The van der Waals surface area contributed by atoms with Gasteiger partial charge in [0, 0.05) is 37.2 Å². The van der Waals surface area contributed by atoms with E-state index in [4.69, 9.17) is 5.73 Å². The number of nitrogens with zero attached hydrogens (tertiary/aromatic N) is 1. The first-order valence-electron chi connectivity index (χ1n) is 5.93. The van der Waals surface area contributed by atoms with E-state index < -0.39 is 0 Å². The standard InChI is InChI=1S/C13H18N2/c14-11-6-8-15-7-5-10-3-1-2-4-12(10)13(15)9-11/h1-4,10-11H,5-9,14H2/t10-,11+/m0/s1. The normalized spacial score (nSPS) is 34.1. The number of piperidine rings is 1. The van der Waals surface area contributed by atoms with Crippen molar-refractivity contribution in [1.82, 2.24) is 4.90 Å². The van der Waals surface area contributed by atoms with Crippen LogP contribution in [-0.2, 0) is 0 Å². The second-order valence-electron chi connectivity index (χ2n) is 4.78. The first-order valence-corrected chi connectivity index (χ1v) is 5.93. The maximum Gasteiger partial charge on any atom is 0.0189 e. The van der Waals surface area contributed by atoms with Crippen molar-refractivity contribution in [3.63, 3.8) is 0 Å². The van der Waals surface area contributed by atoms with E-state index >= 15 is 0 Å². The van der Waals surface area contributed by atoms with Crippen molar-refractivity contribution in [3.8, 4) is 0 Å². The second kappa shape index (κ2) is 3.53. The third-order valence-electron chi connectivity index (χ3n) is 3.78. The van der Waals surface area contributed by atoms with Crippen molar-refractivity contribution < 1.29 is 0 Å². The molecule has 15 heavy (non-hydrogen) atoms. The molecule has 0 radical (unpaired) electrons. The molecule has 0 spiro atoms. The summed E-state index contributed by atoms with van der Waals surface area (Å²) in [6.07, 6.45) is 12.4. The number of hydrogen-bond donors (Lipinski definition) is 1. The highest BCUT2D eigenvalue weighted by Crippen LogP contribution is 2.35. The van der Waals surface area contributed by atoms with Crippen LogP contribution in [0.3, 0.4) is 0 Å². The Balaban J connectivity index is 1.98. The average molecular weight is 202 g/mol. The molecule has 1 fully saturated rings. The zero-order valence-corrected chi connectivity index (χ0v) is 9.02. The fourth-order valence-electron chi connectivity index (χ4n) is 2.92. The van der Waals surface area contributed by atoms with E-state index in [1.54, 1.807) is 0 Å². The first-order chi connectivity index (χ1) is 7.34. The summed E-state index contributed by atoms with van der Waals surface area (Å²) in [4.78, 5) is 2.54. The van der Waals surface area contributed by atoms with Crippen molar-refractivity contribution in [2.24, 2.45) is 11.7 Å². The molecule has 0 saturated carbocycles. The van der Waals surface area contributed by atoms with Crippen LogP contribution in [0, 0.1) is 5.92 Å². The summed E-state index contributed by atoms with van der Waals surface area (Å²) in [5.74, 6) is 0.659. The minimum absolute atomic E-state index is 0.377. The van der Waals surface area contributed by atoms with Crippen LogP contribution >= 0.6 is 0 Å². The minimum atomic E-state index is 0.377. The van der Waals surface area contributed by atoms with Gasteiger partial charge in [0.15, 0.2) is 0 Å². The first kappa shape index (κ1) is 9.22. The van der Waals surface area contributed by atoms with Crippen LogP contribution in [0.1, 0.15) is 19.3 Å². The number of hydrogen-bond acceptors (Lipinski definition) is 2. The van der Waals surface area contributed by atoms with Crippen molar-refractivity contribution >= 4 is 0 Å². The summed E-state index contributed by atoms with van der Waals surface area (Å²) in [6.45, 7) is 2.37. The van der Waals surface area contributed by atoms with Gasteiger partial charge in [0.1, 0.15) is 0 Å². The van der Waals surface area contributed by atoms with Gasteiger partial charge in [0.05, 0.1) is 0 Å². The molecule has 0 aromatic carbocycles. The summed E-state index contributed by atoms with van der Waals surface area (Å²) < 4.78 is 0. The Labute approximate surface area is 91.1 Å². The van der Waals surface area contributed by atoms with E-state index in [0.29, 0.717) is 12.0 Å². The van der Waals surface area contributed by atoms with Crippen LogP contribution < -0.4 is 5.73 Å². The van der Waals surface area contributed by atoms with Crippen molar-refractivity contribution in [3.05, 3.63) is 35.6 Å². The summed E-state index contributed by atoms with van der Waals surface area (Å²) in [7, 11) is 0. The molecule has 1 saturated heterocycles. The van der Waals surface area contributed by atoms with Crippen molar-refractivity contribution in [1.29, 1.82) is 0 Å². The fourth-order valence-corrected chi connectivity index (χ4v) is 2.92. The predicted octanol–water partition coefficient (Wildman–Crippen LogP) is 1.81. The van der Waals surface area contributed by atoms with Gasteiger partial charge in [-0.3, -0.25) is 0 Å².